The summed E-state index contributed by atoms with van der Waals surface area (Å²) >= 11 is 2.09. The van der Waals surface area contributed by atoms with Crippen molar-refractivity contribution in [3.05, 3.63) is 24.0 Å². The molecule has 2 heterocycles. The minimum absolute atomic E-state index is 0.136. The fourth-order valence-corrected chi connectivity index (χ4v) is 3.57. The third-order valence-corrected chi connectivity index (χ3v) is 5.25. The van der Waals surface area contributed by atoms with Crippen LogP contribution in [0.2, 0.25) is 0 Å². The molecule has 1 N–H and O–H groups in total. The number of pyridine rings is 1. The first-order valence-electron chi connectivity index (χ1n) is 7.84. The van der Waals surface area contributed by atoms with E-state index in [0.29, 0.717) is 4.75 Å². The van der Waals surface area contributed by atoms with E-state index in [1.54, 1.807) is 0 Å². The zero-order valence-corrected chi connectivity index (χ0v) is 14.9. The number of nitrogens with zero attached hydrogens (tertiary/aromatic N) is 2. The lowest BCUT2D eigenvalue weighted by Crippen LogP contribution is -2.36. The minimum Gasteiger partial charge on any atom is -0.369 e. The first-order valence-corrected chi connectivity index (χ1v) is 8.82. The molecule has 118 valence electrons. The van der Waals surface area contributed by atoms with Crippen molar-refractivity contribution in [1.29, 1.82) is 0 Å². The lowest BCUT2D eigenvalue weighted by Gasteiger charge is -2.27. The summed E-state index contributed by atoms with van der Waals surface area (Å²) < 4.78 is 0.390. The second kappa shape index (κ2) is 6.57. The van der Waals surface area contributed by atoms with Crippen molar-refractivity contribution < 1.29 is 0 Å². The van der Waals surface area contributed by atoms with Crippen LogP contribution in [-0.4, -0.2) is 34.1 Å². The number of rotatable bonds is 3. The predicted molar refractivity (Wildman–Crippen MR) is 94.2 cm³/mol. The molecule has 0 unspecified atom stereocenters. The molecule has 2 rings (SSSR count). The van der Waals surface area contributed by atoms with Gasteiger partial charge in [-0.2, -0.15) is 11.8 Å². The number of hydrogen-bond acceptors (Lipinski definition) is 4. The van der Waals surface area contributed by atoms with E-state index in [1.165, 1.54) is 23.4 Å². The molecule has 0 amide bonds. The summed E-state index contributed by atoms with van der Waals surface area (Å²) in [6, 6.07) is 2.15. The molecule has 0 atom stereocenters. The van der Waals surface area contributed by atoms with E-state index >= 15 is 0 Å². The largest absolute Gasteiger partial charge is 0.369 e. The van der Waals surface area contributed by atoms with E-state index in [0.717, 1.165) is 19.6 Å². The van der Waals surface area contributed by atoms with Gasteiger partial charge in [-0.1, -0.05) is 13.8 Å². The van der Waals surface area contributed by atoms with Crippen LogP contribution < -0.4 is 10.2 Å². The van der Waals surface area contributed by atoms with Gasteiger partial charge in [-0.3, -0.25) is 4.98 Å². The molecule has 1 aliphatic rings. The number of aromatic nitrogens is 1. The van der Waals surface area contributed by atoms with Crippen LogP contribution in [0.4, 0.5) is 5.69 Å². The standard InChI is InChI=1S/C17H29N3S/c1-16(2,3)19-12-14-6-8-18-13-15(14)20-9-7-17(4,5)21-11-10-20/h6,8,13,19H,7,9-12H2,1-5H3. The van der Waals surface area contributed by atoms with E-state index in [2.05, 4.69) is 67.6 Å². The first-order chi connectivity index (χ1) is 9.77. The Kier molecular flexibility index (Phi) is 5.20. The summed E-state index contributed by atoms with van der Waals surface area (Å²) in [4.78, 5) is 6.86. The third-order valence-electron chi connectivity index (χ3n) is 3.88. The summed E-state index contributed by atoms with van der Waals surface area (Å²) in [5, 5.41) is 3.59. The van der Waals surface area contributed by atoms with Gasteiger partial charge < -0.3 is 10.2 Å². The Labute approximate surface area is 133 Å². The highest BCUT2D eigenvalue weighted by Crippen LogP contribution is 2.33. The van der Waals surface area contributed by atoms with Crippen LogP contribution in [0, 0.1) is 0 Å². The highest BCUT2D eigenvalue weighted by atomic mass is 32.2. The Bertz CT molecular complexity index is 465. The van der Waals surface area contributed by atoms with Gasteiger partial charge in [0, 0.05) is 41.9 Å². The van der Waals surface area contributed by atoms with Crippen molar-refractivity contribution in [3.63, 3.8) is 0 Å². The second-order valence-electron chi connectivity index (χ2n) is 7.45. The predicted octanol–water partition coefficient (Wildman–Crippen LogP) is 3.69. The van der Waals surface area contributed by atoms with E-state index in [9.17, 15) is 0 Å². The molecule has 0 aromatic carbocycles. The van der Waals surface area contributed by atoms with Crippen molar-refractivity contribution in [2.24, 2.45) is 0 Å². The van der Waals surface area contributed by atoms with E-state index in [-0.39, 0.29) is 5.54 Å². The van der Waals surface area contributed by atoms with E-state index < -0.39 is 0 Å². The Morgan fingerprint density at radius 1 is 1.33 bits per heavy atom. The minimum atomic E-state index is 0.136. The molecular formula is C17H29N3S. The maximum Gasteiger partial charge on any atom is 0.0598 e. The number of anilines is 1. The van der Waals surface area contributed by atoms with Crippen LogP contribution in [-0.2, 0) is 6.54 Å². The van der Waals surface area contributed by atoms with Gasteiger partial charge in [-0.05, 0) is 38.8 Å². The van der Waals surface area contributed by atoms with Crippen molar-refractivity contribution >= 4 is 17.4 Å². The molecule has 1 fully saturated rings. The van der Waals surface area contributed by atoms with Crippen LogP contribution in [0.25, 0.3) is 0 Å². The third kappa shape index (κ3) is 5.19. The van der Waals surface area contributed by atoms with E-state index in [4.69, 9.17) is 0 Å². The van der Waals surface area contributed by atoms with Gasteiger partial charge in [0.2, 0.25) is 0 Å². The molecule has 0 aliphatic carbocycles. The summed E-state index contributed by atoms with van der Waals surface area (Å²) in [5.41, 5.74) is 2.79. The molecule has 0 bridgehead atoms. The topological polar surface area (TPSA) is 28.2 Å². The Morgan fingerprint density at radius 3 is 2.81 bits per heavy atom. The molecule has 0 spiro atoms. The summed E-state index contributed by atoms with van der Waals surface area (Å²) in [6.07, 6.45) is 5.15. The monoisotopic (exact) mass is 307 g/mol. The normalized spacial score (nSPS) is 19.4. The highest BCUT2D eigenvalue weighted by Gasteiger charge is 2.24. The number of nitrogens with one attached hydrogen (secondary N) is 1. The summed E-state index contributed by atoms with van der Waals surface area (Å²) in [6.45, 7) is 14.5. The lowest BCUT2D eigenvalue weighted by atomic mass is 10.1. The van der Waals surface area contributed by atoms with Crippen LogP contribution in [0.15, 0.2) is 18.5 Å². The van der Waals surface area contributed by atoms with Crippen molar-refractivity contribution in [1.82, 2.24) is 10.3 Å². The van der Waals surface area contributed by atoms with Crippen molar-refractivity contribution in [2.45, 2.75) is 57.9 Å². The van der Waals surface area contributed by atoms with Gasteiger partial charge in [-0.15, -0.1) is 0 Å². The SMILES string of the molecule is CC(C)(C)NCc1ccncc1N1CCSC(C)(C)CC1. The summed E-state index contributed by atoms with van der Waals surface area (Å²) in [5.74, 6) is 1.19. The lowest BCUT2D eigenvalue weighted by molar-refractivity contribution is 0.424. The molecule has 0 radical (unpaired) electrons. The van der Waals surface area contributed by atoms with Gasteiger partial charge in [-0.25, -0.2) is 0 Å². The Morgan fingerprint density at radius 2 is 2.10 bits per heavy atom. The number of thioether (sulfide) groups is 1. The molecule has 0 saturated carbocycles. The van der Waals surface area contributed by atoms with Gasteiger partial charge in [0.15, 0.2) is 0 Å². The zero-order chi connectivity index (χ0) is 15.5. The van der Waals surface area contributed by atoms with E-state index in [1.807, 2.05) is 12.4 Å². The maximum absolute atomic E-state index is 4.36. The van der Waals surface area contributed by atoms with Gasteiger partial charge in [0.05, 0.1) is 11.9 Å². The smallest absolute Gasteiger partial charge is 0.0598 e. The van der Waals surface area contributed by atoms with Crippen molar-refractivity contribution in [2.75, 3.05) is 23.7 Å². The first kappa shape index (κ1) is 16.6. The Hall–Kier alpha value is -0.740. The van der Waals surface area contributed by atoms with Gasteiger partial charge >= 0.3 is 0 Å². The van der Waals surface area contributed by atoms with Crippen LogP contribution in [0.3, 0.4) is 0 Å². The molecule has 4 heteroatoms. The molecule has 3 nitrogen and oxygen atoms in total. The molecular weight excluding hydrogens is 278 g/mol. The molecule has 1 saturated heterocycles. The summed E-state index contributed by atoms with van der Waals surface area (Å²) in [7, 11) is 0. The average Bonchev–Trinajstić information content (AvgIpc) is 2.57. The van der Waals surface area contributed by atoms with Crippen LogP contribution in [0.5, 0.6) is 0 Å². The van der Waals surface area contributed by atoms with Crippen LogP contribution >= 0.6 is 11.8 Å². The van der Waals surface area contributed by atoms with Gasteiger partial charge in [0.1, 0.15) is 0 Å². The average molecular weight is 308 g/mol. The molecule has 1 aromatic rings. The highest BCUT2D eigenvalue weighted by molar-refractivity contribution is 8.00. The zero-order valence-electron chi connectivity index (χ0n) is 14.1. The van der Waals surface area contributed by atoms with Gasteiger partial charge in [0.25, 0.3) is 0 Å². The quantitative estimate of drug-likeness (QED) is 0.922. The van der Waals surface area contributed by atoms with Crippen LogP contribution in [0.1, 0.15) is 46.6 Å². The maximum atomic E-state index is 4.36. The molecule has 1 aliphatic heterocycles. The Balaban J connectivity index is 2.12. The fraction of sp³-hybridized carbons (Fsp3) is 0.706. The second-order valence-corrected chi connectivity index (χ2v) is 9.26. The molecule has 21 heavy (non-hydrogen) atoms. The van der Waals surface area contributed by atoms with Crippen molar-refractivity contribution in [3.8, 4) is 0 Å². The fourth-order valence-electron chi connectivity index (χ4n) is 2.47. The number of hydrogen-bond donors (Lipinski definition) is 1. The molecule has 1 aromatic heterocycles.